The van der Waals surface area contributed by atoms with Gasteiger partial charge in [-0.25, -0.2) is 0 Å². The van der Waals surface area contributed by atoms with Crippen LogP contribution >= 0.6 is 0 Å². The van der Waals surface area contributed by atoms with Crippen LogP contribution in [-0.2, 0) is 0 Å². The summed E-state index contributed by atoms with van der Waals surface area (Å²) in [6, 6.07) is -28.8. The van der Waals surface area contributed by atoms with Gasteiger partial charge >= 0.3 is 0 Å². The second-order valence-corrected chi connectivity index (χ2v) is 10.5. The number of hydrogen-bond donors (Lipinski definition) is 0. The number of fused-ring (bicyclic) bond motifs is 6. The average molecular weight is 653 g/mol. The molecule has 10 rings (SSSR count). The predicted octanol–water partition coefficient (Wildman–Crippen LogP) is 13.7. The molecule has 1 aromatic heterocycles. The van der Waals surface area contributed by atoms with Gasteiger partial charge in [-0.05, 0) is 113 Å². The summed E-state index contributed by atoms with van der Waals surface area (Å²) in [4.78, 5) is 0. The molecule has 0 amide bonds. The van der Waals surface area contributed by atoms with E-state index in [-0.39, 0.29) is 0 Å². The van der Waals surface area contributed by atoms with E-state index in [4.69, 9.17) is 30.5 Å². The van der Waals surface area contributed by atoms with Crippen LogP contribution in [-0.4, -0.2) is 0 Å². The SMILES string of the molecule is [2H]c1c([2H])c([2H])c(-c2c([2H])c([2H])c3oc4c([2H])c([2H])c(-c5c6c([2H])c([2H])c([2H])c([2H])c6c(-c6c([2H])c([2H])c([2H])c(-c7c([2H])c([2H])c8c([2H])c([2H])c([2H])c([2H])c8c7[2H])c6[2H])c6c([2H])c([2H])c([2H])c([2H])c56)c([2H])c4c3c2[2H])c([2H])c1[2H]. The Morgan fingerprint density at radius 3 is 1.41 bits per heavy atom. The first-order valence-electron chi connectivity index (χ1n) is 29.4. The van der Waals surface area contributed by atoms with Gasteiger partial charge in [-0.15, -0.1) is 0 Å². The molecule has 0 radical (unpaired) electrons. The van der Waals surface area contributed by atoms with E-state index in [1.165, 1.54) is 0 Å². The fraction of sp³-hybridized carbons (Fsp3) is 0. The highest BCUT2D eigenvalue weighted by atomic mass is 16.3. The molecule has 0 aliphatic rings. The van der Waals surface area contributed by atoms with Crippen LogP contribution in [0.2, 0.25) is 0 Å². The minimum atomic E-state index is -1.11. The molecule has 0 aliphatic carbocycles. The van der Waals surface area contributed by atoms with Crippen molar-refractivity contribution in [3.63, 3.8) is 0 Å². The highest BCUT2D eigenvalue weighted by Gasteiger charge is 2.18. The minimum absolute atomic E-state index is 0.583. The Morgan fingerprint density at radius 2 is 0.735 bits per heavy atom. The third kappa shape index (κ3) is 4.55. The summed E-state index contributed by atoms with van der Waals surface area (Å²) in [5, 5.41) is -5.64. The molecular weight excluding hydrogens is 593 g/mol. The topological polar surface area (TPSA) is 13.1 Å². The van der Waals surface area contributed by atoms with Crippen molar-refractivity contribution >= 4 is 54.3 Å². The Balaban J connectivity index is 1.46. The van der Waals surface area contributed by atoms with Crippen molar-refractivity contribution in [2.24, 2.45) is 0 Å². The van der Waals surface area contributed by atoms with Crippen molar-refractivity contribution in [2.45, 2.75) is 0 Å². The van der Waals surface area contributed by atoms with E-state index < -0.39 is 280 Å². The Bertz CT molecular complexity index is 4490. The van der Waals surface area contributed by atoms with Gasteiger partial charge in [0.05, 0.1) is 41.1 Å². The van der Waals surface area contributed by atoms with Crippen LogP contribution in [0.1, 0.15) is 41.1 Å². The zero-order valence-electron chi connectivity index (χ0n) is 54.4. The van der Waals surface area contributed by atoms with Gasteiger partial charge in [0.25, 0.3) is 0 Å². The first-order chi connectivity index (χ1) is 36.8. The van der Waals surface area contributed by atoms with Crippen LogP contribution in [0.4, 0.5) is 0 Å². The Morgan fingerprint density at radius 1 is 0.286 bits per heavy atom. The van der Waals surface area contributed by atoms with E-state index in [1.807, 2.05) is 0 Å². The van der Waals surface area contributed by atoms with Crippen molar-refractivity contribution in [1.29, 1.82) is 0 Å². The van der Waals surface area contributed by atoms with Crippen molar-refractivity contribution in [3.05, 3.63) is 181 Å². The first-order valence-corrected chi connectivity index (χ1v) is 14.4. The molecule has 1 nitrogen and oxygen atoms in total. The molecule has 0 atom stereocenters. The predicted molar refractivity (Wildman–Crippen MR) is 208 cm³/mol. The number of rotatable bonds is 4. The summed E-state index contributed by atoms with van der Waals surface area (Å²) in [5.74, 6) is 0. The molecule has 0 saturated carbocycles. The first kappa shape index (κ1) is 11.1. The van der Waals surface area contributed by atoms with E-state index in [2.05, 4.69) is 0 Å². The highest BCUT2D eigenvalue weighted by Crippen LogP contribution is 2.45. The van der Waals surface area contributed by atoms with Gasteiger partial charge in [-0.1, -0.05) is 145 Å². The fourth-order valence-electron chi connectivity index (χ4n) is 5.65. The second kappa shape index (κ2) is 11.1. The lowest BCUT2D eigenvalue weighted by molar-refractivity contribution is 0.669. The van der Waals surface area contributed by atoms with Gasteiger partial charge in [0.15, 0.2) is 0 Å². The molecule has 9 aromatic carbocycles. The van der Waals surface area contributed by atoms with Crippen LogP contribution in [0.3, 0.4) is 0 Å². The molecule has 0 spiro atoms. The Kier molecular flexibility index (Phi) is 2.50. The van der Waals surface area contributed by atoms with Gasteiger partial charge in [0.2, 0.25) is 0 Å². The molecule has 49 heavy (non-hydrogen) atoms. The monoisotopic (exact) mass is 652 g/mol. The molecule has 0 fully saturated rings. The lowest BCUT2D eigenvalue weighted by Crippen LogP contribution is -1.91. The number of hydrogen-bond acceptors (Lipinski definition) is 1. The molecule has 0 saturated heterocycles. The lowest BCUT2D eigenvalue weighted by Gasteiger charge is -2.18. The largest absolute Gasteiger partial charge is 0.456 e. The molecule has 0 N–H and O–H groups in total. The van der Waals surface area contributed by atoms with E-state index >= 15 is 0 Å². The minimum Gasteiger partial charge on any atom is -0.456 e. The maximum absolute atomic E-state index is 9.91. The third-order valence-electron chi connectivity index (χ3n) is 7.76. The van der Waals surface area contributed by atoms with Crippen molar-refractivity contribution < 1.29 is 45.5 Å². The standard InChI is InChI=1S/C48H30O/c1-2-11-31(12-3-1)36-23-25-45-43(29-36)44-30-38(24-26-46(44)49-45)48-41-19-8-6-17-39(41)47(40-18-7-9-20-42(40)48)37-16-10-15-34(28-37)35-22-21-32-13-4-5-14-33(32)27-35/h1-30H/i1D,2D,3D,4D,5D,6D,7D,8D,9D,10D,11D,12D,13D,14D,15D,16D,17D,18D,19D,20D,21D,22D,23D,24D,25D,26D,27D,28D,29D,30D. The Labute approximate surface area is 326 Å². The van der Waals surface area contributed by atoms with E-state index in [9.17, 15) is 15.1 Å². The molecule has 0 bridgehead atoms. The van der Waals surface area contributed by atoms with Gasteiger partial charge in [-0.3, -0.25) is 0 Å². The molecule has 1 heterocycles. The quantitative estimate of drug-likeness (QED) is 0.172. The van der Waals surface area contributed by atoms with Crippen LogP contribution < -0.4 is 0 Å². The fourth-order valence-corrected chi connectivity index (χ4v) is 5.65. The van der Waals surface area contributed by atoms with Crippen LogP contribution in [0.15, 0.2) is 186 Å². The smallest absolute Gasteiger partial charge is 0.135 e. The lowest BCUT2D eigenvalue weighted by atomic mass is 9.85. The normalized spacial score (nSPS) is 20.2. The van der Waals surface area contributed by atoms with Crippen LogP contribution in [0, 0.1) is 0 Å². The Hall–Kier alpha value is -6.44. The molecule has 0 aliphatic heterocycles. The van der Waals surface area contributed by atoms with Gasteiger partial charge < -0.3 is 4.42 Å². The van der Waals surface area contributed by atoms with E-state index in [0.29, 0.717) is 0 Å². The van der Waals surface area contributed by atoms with Crippen LogP contribution in [0.5, 0.6) is 0 Å². The zero-order valence-corrected chi connectivity index (χ0v) is 24.4. The van der Waals surface area contributed by atoms with Crippen molar-refractivity contribution in [3.8, 4) is 44.5 Å². The summed E-state index contributed by atoms with van der Waals surface area (Å²) in [7, 11) is 0. The van der Waals surface area contributed by atoms with Crippen LogP contribution in [0.25, 0.3) is 98.8 Å². The molecule has 1 heteroatoms. The highest BCUT2D eigenvalue weighted by molar-refractivity contribution is 6.22. The van der Waals surface area contributed by atoms with E-state index in [0.717, 1.165) is 0 Å². The number of furan rings is 1. The zero-order chi connectivity index (χ0) is 58.4. The van der Waals surface area contributed by atoms with Crippen molar-refractivity contribution in [1.82, 2.24) is 0 Å². The summed E-state index contributed by atoms with van der Waals surface area (Å²) < 4.78 is 276. The van der Waals surface area contributed by atoms with Crippen molar-refractivity contribution in [2.75, 3.05) is 0 Å². The maximum atomic E-state index is 9.91. The number of benzene rings is 9. The van der Waals surface area contributed by atoms with Gasteiger partial charge in [0.1, 0.15) is 11.2 Å². The average Bonchev–Trinajstić information content (AvgIpc) is 4.07. The molecule has 0 unspecified atom stereocenters. The summed E-state index contributed by atoms with van der Waals surface area (Å²) in [5.41, 5.74) is -7.84. The second-order valence-electron chi connectivity index (χ2n) is 10.5. The summed E-state index contributed by atoms with van der Waals surface area (Å²) >= 11 is 0. The molecule has 10 aromatic rings. The van der Waals surface area contributed by atoms with Gasteiger partial charge in [0, 0.05) is 10.8 Å². The third-order valence-corrected chi connectivity index (χ3v) is 7.76. The molecular formula is C48H30O. The molecule has 228 valence electrons. The van der Waals surface area contributed by atoms with E-state index in [1.54, 1.807) is 0 Å². The van der Waals surface area contributed by atoms with Gasteiger partial charge in [-0.2, -0.15) is 0 Å². The summed E-state index contributed by atoms with van der Waals surface area (Å²) in [6.07, 6.45) is 0. The maximum Gasteiger partial charge on any atom is 0.135 e. The summed E-state index contributed by atoms with van der Waals surface area (Å²) in [6.45, 7) is 0.